The molecule has 1 saturated carbocycles. The number of piperidine rings is 1. The SMILES string of the molecule is Cc1cccc(C2CN(C(CC3CC3)C(=O)O)CC2CN2CCC(c3nnc(Cc4ccccc4)o3)CC2)c1. The molecule has 0 amide bonds. The Balaban J connectivity index is 1.09. The third kappa shape index (κ3) is 6.42. The number of likely N-dealkylation sites (tertiary alicyclic amines) is 2. The molecule has 39 heavy (non-hydrogen) atoms. The minimum atomic E-state index is -0.655. The molecule has 206 valence electrons. The summed E-state index contributed by atoms with van der Waals surface area (Å²) in [6, 6.07) is 18.7. The molecule has 0 spiro atoms. The number of carboxylic acid groups (broad SMARTS) is 1. The molecule has 1 N–H and O–H groups in total. The molecular formula is C32H40N4O3. The fourth-order valence-electron chi connectivity index (χ4n) is 6.67. The Morgan fingerprint density at radius 3 is 2.54 bits per heavy atom. The predicted molar refractivity (Wildman–Crippen MR) is 150 cm³/mol. The summed E-state index contributed by atoms with van der Waals surface area (Å²) >= 11 is 0. The molecule has 0 bridgehead atoms. The molecule has 3 fully saturated rings. The van der Waals surface area contributed by atoms with Gasteiger partial charge in [-0.05, 0) is 62.2 Å². The number of nitrogens with zero attached hydrogens (tertiary/aromatic N) is 4. The summed E-state index contributed by atoms with van der Waals surface area (Å²) in [5.41, 5.74) is 3.80. The molecule has 3 atom stereocenters. The van der Waals surface area contributed by atoms with Gasteiger partial charge < -0.3 is 14.4 Å². The lowest BCUT2D eigenvalue weighted by molar-refractivity contribution is -0.143. The van der Waals surface area contributed by atoms with Crippen molar-refractivity contribution in [2.75, 3.05) is 32.7 Å². The zero-order chi connectivity index (χ0) is 26.8. The van der Waals surface area contributed by atoms with Gasteiger partial charge in [0.05, 0.1) is 6.42 Å². The maximum atomic E-state index is 12.2. The van der Waals surface area contributed by atoms with Gasteiger partial charge in [-0.2, -0.15) is 0 Å². The molecule has 3 aliphatic rings. The van der Waals surface area contributed by atoms with Crippen molar-refractivity contribution in [2.24, 2.45) is 11.8 Å². The number of benzene rings is 2. The van der Waals surface area contributed by atoms with Gasteiger partial charge >= 0.3 is 5.97 Å². The Morgan fingerprint density at radius 2 is 1.82 bits per heavy atom. The largest absolute Gasteiger partial charge is 0.480 e. The molecule has 1 aromatic heterocycles. The second-order valence-corrected chi connectivity index (χ2v) is 12.0. The quantitative estimate of drug-likeness (QED) is 0.391. The maximum Gasteiger partial charge on any atom is 0.320 e. The highest BCUT2D eigenvalue weighted by Gasteiger charge is 2.42. The molecule has 7 nitrogen and oxygen atoms in total. The lowest BCUT2D eigenvalue weighted by Crippen LogP contribution is -2.41. The first-order valence-electron chi connectivity index (χ1n) is 14.6. The first-order chi connectivity index (χ1) is 19.0. The highest BCUT2D eigenvalue weighted by molar-refractivity contribution is 5.73. The van der Waals surface area contributed by atoms with E-state index in [1.807, 2.05) is 18.2 Å². The van der Waals surface area contributed by atoms with Crippen molar-refractivity contribution in [1.29, 1.82) is 0 Å². The van der Waals surface area contributed by atoms with E-state index in [-0.39, 0.29) is 6.04 Å². The second-order valence-electron chi connectivity index (χ2n) is 12.0. The lowest BCUT2D eigenvalue weighted by atomic mass is 9.87. The van der Waals surface area contributed by atoms with Crippen LogP contribution in [0.3, 0.4) is 0 Å². The van der Waals surface area contributed by atoms with Crippen molar-refractivity contribution >= 4 is 5.97 Å². The number of carbonyl (C=O) groups is 1. The van der Waals surface area contributed by atoms with Crippen LogP contribution < -0.4 is 0 Å². The van der Waals surface area contributed by atoms with Crippen LogP contribution in [0.25, 0.3) is 0 Å². The second kappa shape index (κ2) is 11.6. The predicted octanol–water partition coefficient (Wildman–Crippen LogP) is 5.12. The number of hydrogen-bond donors (Lipinski definition) is 1. The summed E-state index contributed by atoms with van der Waals surface area (Å²) in [5.74, 6) is 2.49. The molecule has 6 rings (SSSR count). The molecule has 3 unspecified atom stereocenters. The van der Waals surface area contributed by atoms with E-state index in [0.29, 0.717) is 36.0 Å². The molecule has 3 aromatic rings. The summed E-state index contributed by atoms with van der Waals surface area (Å²) in [7, 11) is 0. The molecule has 2 aliphatic heterocycles. The van der Waals surface area contributed by atoms with Crippen LogP contribution in [0.15, 0.2) is 59.0 Å². The average molecular weight is 529 g/mol. The van der Waals surface area contributed by atoms with Gasteiger partial charge in [0.25, 0.3) is 0 Å². The first kappa shape index (κ1) is 26.2. The van der Waals surface area contributed by atoms with Crippen LogP contribution >= 0.6 is 0 Å². The van der Waals surface area contributed by atoms with Crippen LogP contribution in [0.1, 0.15) is 72.4 Å². The van der Waals surface area contributed by atoms with Gasteiger partial charge in [0.2, 0.25) is 11.8 Å². The zero-order valence-corrected chi connectivity index (χ0v) is 22.9. The van der Waals surface area contributed by atoms with E-state index in [1.165, 1.54) is 29.5 Å². The third-order valence-corrected chi connectivity index (χ3v) is 9.03. The van der Waals surface area contributed by atoms with Gasteiger partial charge in [-0.3, -0.25) is 9.69 Å². The zero-order valence-electron chi connectivity index (χ0n) is 22.9. The molecule has 0 radical (unpaired) electrons. The van der Waals surface area contributed by atoms with Gasteiger partial charge in [-0.15, -0.1) is 10.2 Å². The minimum Gasteiger partial charge on any atom is -0.480 e. The van der Waals surface area contributed by atoms with Crippen LogP contribution in [-0.2, 0) is 11.2 Å². The van der Waals surface area contributed by atoms with E-state index >= 15 is 0 Å². The fourth-order valence-corrected chi connectivity index (χ4v) is 6.67. The van der Waals surface area contributed by atoms with Crippen molar-refractivity contribution < 1.29 is 14.3 Å². The van der Waals surface area contributed by atoms with Gasteiger partial charge in [0.15, 0.2) is 0 Å². The van der Waals surface area contributed by atoms with Crippen LogP contribution in [0.2, 0.25) is 0 Å². The lowest BCUT2D eigenvalue weighted by Gasteiger charge is -2.33. The monoisotopic (exact) mass is 528 g/mol. The van der Waals surface area contributed by atoms with Crippen LogP contribution in [0.5, 0.6) is 0 Å². The molecule has 1 aliphatic carbocycles. The van der Waals surface area contributed by atoms with Crippen molar-refractivity contribution in [3.05, 3.63) is 83.1 Å². The number of aromatic nitrogens is 2. The standard InChI is InChI=1S/C32H40N4O3/c1-22-6-5-9-26(16-22)28-21-36(29(32(37)38)17-24-10-11-24)20-27(28)19-35-14-12-25(13-15-35)31-34-33-30(39-31)18-23-7-3-2-4-8-23/h2-9,16,24-25,27-29H,10-15,17-21H2,1H3,(H,37,38). The number of rotatable bonds is 10. The average Bonchev–Trinajstić information content (AvgIpc) is 3.49. The van der Waals surface area contributed by atoms with E-state index < -0.39 is 5.97 Å². The number of carboxylic acids is 1. The van der Waals surface area contributed by atoms with Crippen LogP contribution in [0, 0.1) is 18.8 Å². The van der Waals surface area contributed by atoms with Crippen molar-refractivity contribution in [1.82, 2.24) is 20.0 Å². The summed E-state index contributed by atoms with van der Waals surface area (Å²) in [6.07, 6.45) is 5.86. The Labute approximate surface area is 231 Å². The highest BCUT2D eigenvalue weighted by atomic mass is 16.4. The van der Waals surface area contributed by atoms with Gasteiger partial charge in [0, 0.05) is 31.5 Å². The smallest absolute Gasteiger partial charge is 0.320 e. The van der Waals surface area contributed by atoms with E-state index in [1.54, 1.807) is 0 Å². The third-order valence-electron chi connectivity index (χ3n) is 9.03. The first-order valence-corrected chi connectivity index (χ1v) is 14.6. The summed E-state index contributed by atoms with van der Waals surface area (Å²) in [4.78, 5) is 17.1. The molecular weight excluding hydrogens is 488 g/mol. The number of aliphatic carboxylic acids is 1. The normalized spacial score (nSPS) is 23.7. The van der Waals surface area contributed by atoms with Gasteiger partial charge in [-0.1, -0.05) is 73.0 Å². The van der Waals surface area contributed by atoms with E-state index in [4.69, 9.17) is 4.42 Å². The summed E-state index contributed by atoms with van der Waals surface area (Å²) in [6.45, 7) is 6.84. The van der Waals surface area contributed by atoms with Gasteiger partial charge in [-0.25, -0.2) is 0 Å². The molecule has 2 saturated heterocycles. The fraction of sp³-hybridized carbons (Fsp3) is 0.531. The Kier molecular flexibility index (Phi) is 7.80. The number of aryl methyl sites for hydroxylation is 1. The topological polar surface area (TPSA) is 82.7 Å². The van der Waals surface area contributed by atoms with Crippen molar-refractivity contribution in [3.63, 3.8) is 0 Å². The summed E-state index contributed by atoms with van der Waals surface area (Å²) < 4.78 is 6.08. The molecule has 7 heteroatoms. The van der Waals surface area contributed by atoms with Crippen LogP contribution in [0.4, 0.5) is 0 Å². The van der Waals surface area contributed by atoms with Crippen molar-refractivity contribution in [2.45, 2.75) is 63.3 Å². The van der Waals surface area contributed by atoms with Crippen molar-refractivity contribution in [3.8, 4) is 0 Å². The Morgan fingerprint density at radius 1 is 1.03 bits per heavy atom. The van der Waals surface area contributed by atoms with Gasteiger partial charge in [0.1, 0.15) is 6.04 Å². The minimum absolute atomic E-state index is 0.306. The van der Waals surface area contributed by atoms with E-state index in [0.717, 1.165) is 57.9 Å². The molecule has 3 heterocycles. The van der Waals surface area contributed by atoms with E-state index in [2.05, 4.69) is 63.3 Å². The Hall–Kier alpha value is -3.03. The highest BCUT2D eigenvalue weighted by Crippen LogP contribution is 2.40. The summed E-state index contributed by atoms with van der Waals surface area (Å²) in [5, 5.41) is 18.8. The Bertz CT molecular complexity index is 1250. The molecule has 2 aromatic carbocycles. The number of hydrogen-bond acceptors (Lipinski definition) is 6. The van der Waals surface area contributed by atoms with Crippen LogP contribution in [-0.4, -0.2) is 69.8 Å². The van der Waals surface area contributed by atoms with E-state index in [9.17, 15) is 9.90 Å². The maximum absolute atomic E-state index is 12.2.